The van der Waals surface area contributed by atoms with Gasteiger partial charge in [0.1, 0.15) is 18.3 Å². The Labute approximate surface area is 247 Å². The number of carbonyl (C=O) groups is 4. The molecule has 0 spiro atoms. The molecule has 3 amide bonds. The second-order valence-electron chi connectivity index (χ2n) is 9.98. The number of nitrogens with zero attached hydrogens (tertiary/aromatic N) is 2. The molecule has 1 N–H and O–H groups in total. The number of ketones is 1. The van der Waals surface area contributed by atoms with E-state index in [1.54, 1.807) is 98.1 Å². The van der Waals surface area contributed by atoms with E-state index in [1.807, 2.05) is 6.07 Å². The average molecular weight is 578 g/mol. The van der Waals surface area contributed by atoms with Gasteiger partial charge < -0.3 is 24.4 Å². The fourth-order valence-corrected chi connectivity index (χ4v) is 5.18. The van der Waals surface area contributed by atoms with Crippen molar-refractivity contribution in [1.29, 1.82) is 0 Å². The summed E-state index contributed by atoms with van der Waals surface area (Å²) >= 11 is 0. The van der Waals surface area contributed by atoms with Gasteiger partial charge in [0.15, 0.2) is 11.5 Å². The van der Waals surface area contributed by atoms with Crippen molar-refractivity contribution >= 4 is 34.9 Å². The first kappa shape index (κ1) is 27.5. The topological polar surface area (TPSA) is 114 Å². The first-order chi connectivity index (χ1) is 20.9. The quantitative estimate of drug-likeness (QED) is 0.294. The molecule has 0 aromatic heterocycles. The van der Waals surface area contributed by atoms with Crippen LogP contribution >= 0.6 is 0 Å². The van der Waals surface area contributed by atoms with Crippen LogP contribution in [0.3, 0.4) is 0 Å². The fraction of sp³-hybridized carbons (Fsp3) is 0.152. The molecule has 0 aliphatic carbocycles. The summed E-state index contributed by atoms with van der Waals surface area (Å²) in [5, 5.41) is 2.91. The number of benzene rings is 4. The summed E-state index contributed by atoms with van der Waals surface area (Å²) in [6, 6.07) is 26.5. The number of Topliss-reactive ketones (excluding diaryl/α,β-unsaturated/α-hetero) is 1. The molecule has 10 heteroatoms. The fourth-order valence-electron chi connectivity index (χ4n) is 5.18. The second-order valence-corrected chi connectivity index (χ2v) is 9.98. The van der Waals surface area contributed by atoms with Crippen LogP contribution in [-0.4, -0.2) is 48.9 Å². The summed E-state index contributed by atoms with van der Waals surface area (Å²) in [7, 11) is 1.56. The van der Waals surface area contributed by atoms with Crippen LogP contribution < -0.4 is 24.4 Å². The van der Waals surface area contributed by atoms with Crippen LogP contribution in [0.15, 0.2) is 97.1 Å². The Bertz CT molecular complexity index is 1710. The molecule has 2 heterocycles. The summed E-state index contributed by atoms with van der Waals surface area (Å²) in [6.07, 6.45) is 0. The van der Waals surface area contributed by atoms with Crippen molar-refractivity contribution in [2.75, 3.05) is 30.7 Å². The summed E-state index contributed by atoms with van der Waals surface area (Å²) < 4.78 is 16.1. The molecule has 4 aromatic carbocycles. The van der Waals surface area contributed by atoms with E-state index in [4.69, 9.17) is 14.2 Å². The molecule has 0 radical (unpaired) electrons. The molecule has 1 unspecified atom stereocenters. The largest absolute Gasteiger partial charge is 0.497 e. The van der Waals surface area contributed by atoms with Gasteiger partial charge in [-0.05, 0) is 47.5 Å². The van der Waals surface area contributed by atoms with Gasteiger partial charge >= 0.3 is 0 Å². The van der Waals surface area contributed by atoms with Gasteiger partial charge in [-0.25, -0.2) is 0 Å². The third-order valence-corrected chi connectivity index (χ3v) is 7.32. The van der Waals surface area contributed by atoms with Crippen LogP contribution in [0.5, 0.6) is 17.2 Å². The minimum atomic E-state index is -1.09. The van der Waals surface area contributed by atoms with E-state index in [-0.39, 0.29) is 18.9 Å². The lowest BCUT2D eigenvalue weighted by Gasteiger charge is -2.33. The molecule has 1 atom stereocenters. The molecule has 10 nitrogen and oxygen atoms in total. The molecule has 0 fully saturated rings. The smallest absolute Gasteiger partial charge is 0.299 e. The van der Waals surface area contributed by atoms with Crippen LogP contribution in [0.2, 0.25) is 0 Å². The van der Waals surface area contributed by atoms with Gasteiger partial charge in [0.05, 0.1) is 18.4 Å². The lowest BCUT2D eigenvalue weighted by molar-refractivity contribution is -0.139. The van der Waals surface area contributed by atoms with Gasteiger partial charge in [0, 0.05) is 18.3 Å². The van der Waals surface area contributed by atoms with E-state index >= 15 is 0 Å². The van der Waals surface area contributed by atoms with Gasteiger partial charge in [-0.15, -0.1) is 0 Å². The molecule has 43 heavy (non-hydrogen) atoms. The summed E-state index contributed by atoms with van der Waals surface area (Å²) in [4.78, 5) is 56.4. The highest BCUT2D eigenvalue weighted by atomic mass is 16.7. The van der Waals surface area contributed by atoms with Gasteiger partial charge in [0.2, 0.25) is 12.7 Å². The van der Waals surface area contributed by atoms with Gasteiger partial charge in [-0.2, -0.15) is 0 Å². The minimum Gasteiger partial charge on any atom is -0.497 e. The van der Waals surface area contributed by atoms with Crippen LogP contribution in [0.1, 0.15) is 27.5 Å². The van der Waals surface area contributed by atoms with Crippen molar-refractivity contribution in [2.45, 2.75) is 12.6 Å². The highest BCUT2D eigenvalue weighted by molar-refractivity contribution is 6.52. The third-order valence-electron chi connectivity index (χ3n) is 7.32. The Balaban J connectivity index is 1.37. The SMILES string of the molecule is COc1ccc(CN(C(=O)CN2C(=O)C(=O)c3ccccc32)C(C(=O)Nc2ccc3c(c2)OCO3)c2ccccc2)cc1. The van der Waals surface area contributed by atoms with Crippen molar-refractivity contribution in [3.05, 3.63) is 114 Å². The van der Waals surface area contributed by atoms with Crippen molar-refractivity contribution in [3.8, 4) is 17.2 Å². The minimum absolute atomic E-state index is 0.0363. The zero-order valence-corrected chi connectivity index (χ0v) is 23.2. The number of carbonyl (C=O) groups excluding carboxylic acids is 4. The number of rotatable bonds is 9. The normalized spacial score (nSPS) is 13.8. The molecular weight excluding hydrogens is 550 g/mol. The number of methoxy groups -OCH3 is 1. The number of hydrogen-bond donors (Lipinski definition) is 1. The number of amides is 3. The maximum atomic E-state index is 14.2. The lowest BCUT2D eigenvalue weighted by atomic mass is 10.0. The Kier molecular flexibility index (Phi) is 7.48. The number of hydrogen-bond acceptors (Lipinski definition) is 7. The van der Waals surface area contributed by atoms with Crippen molar-refractivity contribution in [3.63, 3.8) is 0 Å². The summed E-state index contributed by atoms with van der Waals surface area (Å²) in [6.45, 7) is -0.308. The predicted octanol–water partition coefficient (Wildman–Crippen LogP) is 4.36. The first-order valence-electron chi connectivity index (χ1n) is 13.6. The zero-order chi connectivity index (χ0) is 29.9. The molecule has 4 aromatic rings. The molecule has 0 saturated carbocycles. The van der Waals surface area contributed by atoms with Crippen LogP contribution in [0, 0.1) is 0 Å². The number of ether oxygens (including phenoxy) is 3. The van der Waals surface area contributed by atoms with E-state index < -0.39 is 36.1 Å². The first-order valence-corrected chi connectivity index (χ1v) is 13.6. The Morgan fingerprint density at radius 3 is 2.40 bits per heavy atom. The molecule has 6 rings (SSSR count). The number of fused-ring (bicyclic) bond motifs is 2. The Morgan fingerprint density at radius 1 is 0.907 bits per heavy atom. The second kappa shape index (κ2) is 11.7. The van der Waals surface area contributed by atoms with Crippen LogP contribution in [0.4, 0.5) is 11.4 Å². The molecule has 0 saturated heterocycles. The predicted molar refractivity (Wildman–Crippen MR) is 157 cm³/mol. The van der Waals surface area contributed by atoms with Gasteiger partial charge in [-0.1, -0.05) is 54.6 Å². The van der Waals surface area contributed by atoms with E-state index in [0.717, 1.165) is 5.56 Å². The van der Waals surface area contributed by atoms with Crippen LogP contribution in [-0.2, 0) is 20.9 Å². The Morgan fingerprint density at radius 2 is 1.63 bits per heavy atom. The maximum Gasteiger partial charge on any atom is 0.299 e. The third kappa shape index (κ3) is 5.50. The summed E-state index contributed by atoms with van der Waals surface area (Å²) in [5.41, 5.74) is 2.35. The van der Waals surface area contributed by atoms with Crippen molar-refractivity contribution in [1.82, 2.24) is 4.90 Å². The maximum absolute atomic E-state index is 14.2. The molecular formula is C33H27N3O7. The number of para-hydroxylation sites is 1. The van der Waals surface area contributed by atoms with E-state index in [1.165, 1.54) is 9.80 Å². The summed E-state index contributed by atoms with van der Waals surface area (Å²) in [5.74, 6) is -0.764. The standard InChI is InChI=1S/C33H27N3O7/c1-41-24-14-11-21(12-15-24)18-36(29(37)19-35-26-10-6-5-9-25(26)31(38)33(35)40)30(22-7-3-2-4-8-22)32(39)34-23-13-16-27-28(17-23)43-20-42-27/h2-17,30H,18-20H2,1H3,(H,34,39). The molecule has 2 aliphatic heterocycles. The lowest BCUT2D eigenvalue weighted by Crippen LogP contribution is -2.46. The van der Waals surface area contributed by atoms with Crippen LogP contribution in [0.25, 0.3) is 0 Å². The van der Waals surface area contributed by atoms with Crippen molar-refractivity contribution in [2.24, 2.45) is 0 Å². The molecule has 0 bridgehead atoms. The van der Waals surface area contributed by atoms with Crippen molar-refractivity contribution < 1.29 is 33.4 Å². The average Bonchev–Trinajstić information content (AvgIpc) is 3.60. The molecule has 216 valence electrons. The number of anilines is 2. The highest BCUT2D eigenvalue weighted by Crippen LogP contribution is 2.35. The van der Waals surface area contributed by atoms with E-state index in [0.29, 0.717) is 34.2 Å². The highest BCUT2D eigenvalue weighted by Gasteiger charge is 2.39. The van der Waals surface area contributed by atoms with E-state index in [2.05, 4.69) is 5.32 Å². The van der Waals surface area contributed by atoms with Gasteiger partial charge in [-0.3, -0.25) is 24.1 Å². The zero-order valence-electron chi connectivity index (χ0n) is 23.2. The molecule has 2 aliphatic rings. The number of nitrogens with one attached hydrogen (secondary N) is 1. The van der Waals surface area contributed by atoms with Gasteiger partial charge in [0.25, 0.3) is 17.6 Å². The monoisotopic (exact) mass is 577 g/mol. The Hall–Kier alpha value is -5.64. The van der Waals surface area contributed by atoms with E-state index in [9.17, 15) is 19.2 Å².